The summed E-state index contributed by atoms with van der Waals surface area (Å²) in [5.74, 6) is 7.16. The lowest BCUT2D eigenvalue weighted by Crippen LogP contribution is -2.09. The van der Waals surface area contributed by atoms with Gasteiger partial charge < -0.3 is 0 Å². The van der Waals surface area contributed by atoms with Gasteiger partial charge in [0.2, 0.25) is 0 Å². The summed E-state index contributed by atoms with van der Waals surface area (Å²) in [5, 5.41) is 0. The molecule has 0 unspecified atom stereocenters. The Morgan fingerprint density at radius 3 is 1.12 bits per heavy atom. The van der Waals surface area contributed by atoms with Crippen LogP contribution in [0.4, 0.5) is 0 Å². The lowest BCUT2D eigenvalue weighted by Gasteiger charge is -2.16. The highest BCUT2D eigenvalue weighted by atomic mass is 15.1. The molecule has 9 heteroatoms. The summed E-state index contributed by atoms with van der Waals surface area (Å²) in [6, 6.07) is 24.7. The molecule has 3 aromatic carbocycles. The molecule has 0 radical (unpaired) electrons. The maximum atomic E-state index is 5.08. The Kier molecular flexibility index (Phi) is 10.4. The van der Waals surface area contributed by atoms with E-state index >= 15 is 0 Å². The zero-order valence-electron chi connectivity index (χ0n) is 31.3. The molecule has 3 heterocycles. The van der Waals surface area contributed by atoms with E-state index in [-0.39, 0.29) is 29.6 Å². The zero-order chi connectivity index (χ0) is 36.4. The van der Waals surface area contributed by atoms with Crippen LogP contribution in [0.15, 0.2) is 72.8 Å². The second-order valence-electron chi connectivity index (χ2n) is 14.6. The minimum Gasteiger partial charge on any atom is -0.217 e. The van der Waals surface area contributed by atoms with Crippen molar-refractivity contribution in [1.29, 1.82) is 0 Å². The first kappa shape index (κ1) is 35.5. The topological polar surface area (TPSA) is 116 Å². The van der Waals surface area contributed by atoms with Crippen LogP contribution < -0.4 is 0 Å². The van der Waals surface area contributed by atoms with Gasteiger partial charge in [-0.15, -0.1) is 0 Å². The van der Waals surface area contributed by atoms with Crippen LogP contribution in [0.2, 0.25) is 0 Å². The molecule has 0 aliphatic carbocycles. The summed E-state index contributed by atoms with van der Waals surface area (Å²) in [4.78, 5) is 44.1. The summed E-state index contributed by atoms with van der Waals surface area (Å²) in [5.41, 5.74) is 5.61. The average molecular weight is 678 g/mol. The van der Waals surface area contributed by atoms with Gasteiger partial charge in [-0.25, -0.2) is 44.9 Å². The molecule has 0 fully saturated rings. The van der Waals surface area contributed by atoms with E-state index in [2.05, 4.69) is 106 Å². The summed E-state index contributed by atoms with van der Waals surface area (Å²) in [7, 11) is 0. The van der Waals surface area contributed by atoms with Crippen LogP contribution in [0, 0.1) is 0 Å². The van der Waals surface area contributed by atoms with Gasteiger partial charge in [0.25, 0.3) is 0 Å². The number of hydrogen-bond acceptors (Lipinski definition) is 9. The molecule has 0 bridgehead atoms. The molecule has 0 N–H and O–H groups in total. The fraction of sp³-hybridized carbons (Fsp3) is 0.357. The Hall–Kier alpha value is -5.31. The van der Waals surface area contributed by atoms with E-state index in [0.29, 0.717) is 23.3 Å². The van der Waals surface area contributed by atoms with E-state index < -0.39 is 0 Å². The summed E-state index contributed by atoms with van der Waals surface area (Å²) in [6.45, 7) is 21.1. The summed E-state index contributed by atoms with van der Waals surface area (Å²) >= 11 is 0. The third-order valence-corrected chi connectivity index (χ3v) is 8.56. The Morgan fingerprint density at radius 1 is 0.294 bits per heavy atom. The standard InChI is InChI=1S/C42H47N9/c1-23(2)34-43-35(24(3)4)46-39(45-34)29-17-14-18-30(21-29)40-47-38(27(9)10)48-41(51-40)31-19-20-32(33(22-31)28-15-12-11-13-16-28)42-49-36(25(5)6)44-37(50-42)26(7)8/h11-27H,1-10H3. The van der Waals surface area contributed by atoms with Crippen molar-refractivity contribution in [3.05, 3.63) is 102 Å². The molecule has 0 saturated heterocycles. The summed E-state index contributed by atoms with van der Waals surface area (Å²) < 4.78 is 0. The van der Waals surface area contributed by atoms with Gasteiger partial charge in [-0.05, 0) is 29.3 Å². The largest absolute Gasteiger partial charge is 0.217 e. The fourth-order valence-corrected chi connectivity index (χ4v) is 5.54. The molecular weight excluding hydrogens is 631 g/mol. The van der Waals surface area contributed by atoms with E-state index in [1.165, 1.54) is 0 Å². The van der Waals surface area contributed by atoms with Crippen LogP contribution in [0.25, 0.3) is 56.7 Å². The Balaban J connectivity index is 1.50. The van der Waals surface area contributed by atoms with E-state index in [0.717, 1.165) is 62.5 Å². The van der Waals surface area contributed by atoms with Crippen molar-refractivity contribution in [1.82, 2.24) is 44.9 Å². The van der Waals surface area contributed by atoms with E-state index in [1.807, 2.05) is 36.4 Å². The van der Waals surface area contributed by atoms with Gasteiger partial charge in [0.05, 0.1) is 0 Å². The molecule has 0 atom stereocenters. The molecule has 9 nitrogen and oxygen atoms in total. The second-order valence-corrected chi connectivity index (χ2v) is 14.6. The first-order valence-electron chi connectivity index (χ1n) is 18.0. The highest BCUT2D eigenvalue weighted by Gasteiger charge is 2.20. The SMILES string of the molecule is CC(C)c1nc(-c2cccc(-c3nc(C(C)C)nc(C(C)C)n3)c2)nc(-c2ccc(-c3nc(C(C)C)nc(C(C)C)n3)c(-c3ccccc3)c2)n1. The summed E-state index contributed by atoms with van der Waals surface area (Å²) in [6.07, 6.45) is 0. The molecule has 0 spiro atoms. The predicted octanol–water partition coefficient (Wildman–Crippen LogP) is 10.2. The highest BCUT2D eigenvalue weighted by molar-refractivity contribution is 5.84. The van der Waals surface area contributed by atoms with Gasteiger partial charge in [-0.1, -0.05) is 124 Å². The number of benzene rings is 3. The third kappa shape index (κ3) is 7.88. The molecule has 0 aliphatic heterocycles. The normalized spacial score (nSPS) is 11.8. The minimum atomic E-state index is 0.0846. The average Bonchev–Trinajstić information content (AvgIpc) is 3.14. The Morgan fingerprint density at radius 2 is 0.667 bits per heavy atom. The monoisotopic (exact) mass is 677 g/mol. The Labute approximate surface area is 301 Å². The molecule has 6 aromatic rings. The third-order valence-electron chi connectivity index (χ3n) is 8.56. The van der Waals surface area contributed by atoms with Gasteiger partial charge in [0, 0.05) is 51.8 Å². The predicted molar refractivity (Wildman–Crippen MR) is 204 cm³/mol. The van der Waals surface area contributed by atoms with Crippen molar-refractivity contribution in [3.8, 4) is 56.7 Å². The van der Waals surface area contributed by atoms with E-state index in [4.69, 9.17) is 44.9 Å². The van der Waals surface area contributed by atoms with Crippen molar-refractivity contribution in [3.63, 3.8) is 0 Å². The lowest BCUT2D eigenvalue weighted by atomic mass is 9.96. The van der Waals surface area contributed by atoms with Crippen molar-refractivity contribution in [2.75, 3.05) is 0 Å². The van der Waals surface area contributed by atoms with Crippen molar-refractivity contribution >= 4 is 0 Å². The first-order valence-corrected chi connectivity index (χ1v) is 18.0. The van der Waals surface area contributed by atoms with E-state index in [9.17, 15) is 0 Å². The van der Waals surface area contributed by atoms with Crippen LogP contribution in [0.5, 0.6) is 0 Å². The highest BCUT2D eigenvalue weighted by Crippen LogP contribution is 2.35. The molecule has 3 aromatic heterocycles. The number of rotatable bonds is 10. The molecule has 0 amide bonds. The van der Waals surface area contributed by atoms with Crippen LogP contribution in [-0.2, 0) is 0 Å². The zero-order valence-corrected chi connectivity index (χ0v) is 31.3. The van der Waals surface area contributed by atoms with Gasteiger partial charge in [0.1, 0.15) is 29.1 Å². The number of hydrogen-bond donors (Lipinski definition) is 0. The molecular formula is C42H47N9. The lowest BCUT2D eigenvalue weighted by molar-refractivity contribution is 0.697. The molecule has 0 saturated carbocycles. The minimum absolute atomic E-state index is 0.0846. The molecule has 0 aliphatic rings. The van der Waals surface area contributed by atoms with Crippen LogP contribution in [0.1, 0.15) is 128 Å². The smallest absolute Gasteiger partial charge is 0.163 e. The van der Waals surface area contributed by atoms with Crippen LogP contribution in [0.3, 0.4) is 0 Å². The van der Waals surface area contributed by atoms with Crippen LogP contribution in [-0.4, -0.2) is 44.9 Å². The maximum Gasteiger partial charge on any atom is 0.163 e. The van der Waals surface area contributed by atoms with Gasteiger partial charge in [-0.2, -0.15) is 0 Å². The number of aromatic nitrogens is 9. The fourth-order valence-electron chi connectivity index (χ4n) is 5.54. The molecule has 51 heavy (non-hydrogen) atoms. The quantitative estimate of drug-likeness (QED) is 0.140. The van der Waals surface area contributed by atoms with Crippen LogP contribution >= 0.6 is 0 Å². The Bertz CT molecular complexity index is 2100. The van der Waals surface area contributed by atoms with Crippen molar-refractivity contribution in [2.24, 2.45) is 0 Å². The number of nitrogens with zero attached hydrogens (tertiary/aromatic N) is 9. The first-order chi connectivity index (χ1) is 24.4. The second kappa shape index (κ2) is 14.9. The molecule has 6 rings (SSSR count). The van der Waals surface area contributed by atoms with Gasteiger partial charge in [-0.3, -0.25) is 0 Å². The van der Waals surface area contributed by atoms with Crippen molar-refractivity contribution < 1.29 is 0 Å². The van der Waals surface area contributed by atoms with E-state index in [1.54, 1.807) is 0 Å². The van der Waals surface area contributed by atoms with Gasteiger partial charge >= 0.3 is 0 Å². The molecule has 260 valence electrons. The van der Waals surface area contributed by atoms with Crippen molar-refractivity contribution in [2.45, 2.75) is 98.8 Å². The van der Waals surface area contributed by atoms with Gasteiger partial charge in [0.15, 0.2) is 23.3 Å². The maximum absolute atomic E-state index is 5.08.